The van der Waals surface area contributed by atoms with Crippen LogP contribution in [0.4, 0.5) is 0 Å². The molecular weight excluding hydrogens is 272 g/mol. The van der Waals surface area contributed by atoms with E-state index in [1.165, 1.54) is 5.56 Å². The summed E-state index contributed by atoms with van der Waals surface area (Å²) < 4.78 is 0. The van der Waals surface area contributed by atoms with Crippen molar-refractivity contribution in [3.63, 3.8) is 0 Å². The van der Waals surface area contributed by atoms with Crippen LogP contribution in [0, 0.1) is 11.8 Å². The summed E-state index contributed by atoms with van der Waals surface area (Å²) in [7, 11) is 0. The summed E-state index contributed by atoms with van der Waals surface area (Å²) >= 11 is 0. The number of benzene rings is 1. The number of hydrogen-bond acceptors (Lipinski definition) is 2. The van der Waals surface area contributed by atoms with E-state index in [4.69, 9.17) is 5.73 Å². The Labute approximate surface area is 128 Å². The molecule has 0 saturated carbocycles. The van der Waals surface area contributed by atoms with Crippen LogP contribution < -0.4 is 11.1 Å². The number of carbonyl (C=O) groups excluding carboxylic acids is 1. The van der Waals surface area contributed by atoms with Gasteiger partial charge in [0.1, 0.15) is 0 Å². The maximum absolute atomic E-state index is 12.3. The lowest BCUT2D eigenvalue weighted by Crippen LogP contribution is -2.47. The van der Waals surface area contributed by atoms with Crippen LogP contribution in [-0.4, -0.2) is 18.0 Å². The minimum atomic E-state index is -0.371. The average molecular weight is 299 g/mol. The van der Waals surface area contributed by atoms with Gasteiger partial charge in [0.25, 0.3) is 0 Å². The summed E-state index contributed by atoms with van der Waals surface area (Å²) in [5.74, 6) is 0.392. The lowest BCUT2D eigenvalue weighted by molar-refractivity contribution is -0.126. The van der Waals surface area contributed by atoms with E-state index >= 15 is 0 Å². The van der Waals surface area contributed by atoms with Crippen molar-refractivity contribution in [3.8, 4) is 0 Å². The number of carbonyl (C=O) groups is 1. The standard InChI is InChI=1S/C16H26N2O.ClH/c1-12(2)14(10-13-8-6-5-7-9-13)15(19)18-11-16(3,4)17;/h5-9,12,14H,10-11,17H2,1-4H3,(H,18,19);1H. The third kappa shape index (κ3) is 6.92. The number of nitrogens with two attached hydrogens (primary N) is 1. The Balaban J connectivity index is 0.00000361. The molecule has 0 aromatic heterocycles. The SMILES string of the molecule is CC(C)C(Cc1ccccc1)C(=O)NCC(C)(C)N.Cl. The molecule has 1 atom stereocenters. The smallest absolute Gasteiger partial charge is 0.223 e. The van der Waals surface area contributed by atoms with Crippen molar-refractivity contribution in [2.24, 2.45) is 17.6 Å². The van der Waals surface area contributed by atoms with Gasteiger partial charge in [-0.15, -0.1) is 12.4 Å². The normalized spacial score (nSPS) is 12.7. The van der Waals surface area contributed by atoms with Gasteiger partial charge < -0.3 is 11.1 Å². The third-order valence-electron chi connectivity index (χ3n) is 3.16. The second kappa shape index (κ2) is 8.28. The average Bonchev–Trinajstić information content (AvgIpc) is 2.33. The van der Waals surface area contributed by atoms with Crippen molar-refractivity contribution < 1.29 is 4.79 Å². The molecule has 0 radical (unpaired) electrons. The van der Waals surface area contributed by atoms with E-state index in [0.717, 1.165) is 6.42 Å². The van der Waals surface area contributed by atoms with E-state index in [1.807, 2.05) is 32.0 Å². The first kappa shape index (κ1) is 18.9. The molecule has 0 aliphatic heterocycles. The van der Waals surface area contributed by atoms with E-state index in [-0.39, 0.29) is 29.8 Å². The van der Waals surface area contributed by atoms with Gasteiger partial charge in [-0.1, -0.05) is 44.2 Å². The highest BCUT2D eigenvalue weighted by atomic mass is 35.5. The van der Waals surface area contributed by atoms with Gasteiger partial charge in [0.15, 0.2) is 0 Å². The number of hydrogen-bond donors (Lipinski definition) is 2. The molecule has 1 rings (SSSR count). The van der Waals surface area contributed by atoms with Crippen molar-refractivity contribution >= 4 is 18.3 Å². The van der Waals surface area contributed by atoms with E-state index in [9.17, 15) is 4.79 Å². The fourth-order valence-electron chi connectivity index (χ4n) is 1.95. The van der Waals surface area contributed by atoms with Crippen LogP contribution in [0.2, 0.25) is 0 Å². The number of halogens is 1. The Bertz CT molecular complexity index is 399. The summed E-state index contributed by atoms with van der Waals surface area (Å²) in [5, 5.41) is 2.96. The first-order valence-corrected chi connectivity index (χ1v) is 6.90. The zero-order valence-corrected chi connectivity index (χ0v) is 13.7. The van der Waals surface area contributed by atoms with Crippen molar-refractivity contribution in [2.75, 3.05) is 6.54 Å². The summed E-state index contributed by atoms with van der Waals surface area (Å²) in [4.78, 5) is 12.3. The van der Waals surface area contributed by atoms with Gasteiger partial charge in [0.05, 0.1) is 0 Å². The molecule has 0 bridgehead atoms. The molecule has 0 saturated heterocycles. The Hall–Kier alpha value is -1.06. The Kier molecular flexibility index (Phi) is 7.84. The lowest BCUT2D eigenvalue weighted by atomic mass is 9.88. The van der Waals surface area contributed by atoms with E-state index < -0.39 is 0 Å². The molecule has 1 unspecified atom stereocenters. The van der Waals surface area contributed by atoms with Gasteiger partial charge in [-0.25, -0.2) is 0 Å². The van der Waals surface area contributed by atoms with Crippen LogP contribution >= 0.6 is 12.4 Å². The van der Waals surface area contributed by atoms with E-state index in [0.29, 0.717) is 12.5 Å². The monoisotopic (exact) mass is 298 g/mol. The highest BCUT2D eigenvalue weighted by molar-refractivity contribution is 5.85. The van der Waals surface area contributed by atoms with Gasteiger partial charge in [0, 0.05) is 18.0 Å². The zero-order chi connectivity index (χ0) is 14.5. The van der Waals surface area contributed by atoms with Crippen molar-refractivity contribution in [3.05, 3.63) is 35.9 Å². The van der Waals surface area contributed by atoms with Crippen LogP contribution in [0.5, 0.6) is 0 Å². The zero-order valence-electron chi connectivity index (χ0n) is 12.8. The third-order valence-corrected chi connectivity index (χ3v) is 3.16. The van der Waals surface area contributed by atoms with Gasteiger partial charge in [-0.2, -0.15) is 0 Å². The van der Waals surface area contributed by atoms with Crippen molar-refractivity contribution in [2.45, 2.75) is 39.7 Å². The summed E-state index contributed by atoms with van der Waals surface area (Å²) in [5.41, 5.74) is 6.72. The molecule has 0 aliphatic rings. The molecule has 1 aromatic rings. The second-order valence-electron chi connectivity index (χ2n) is 6.25. The van der Waals surface area contributed by atoms with Crippen LogP contribution in [0.1, 0.15) is 33.3 Å². The molecule has 4 heteroatoms. The fraction of sp³-hybridized carbons (Fsp3) is 0.562. The molecule has 0 fully saturated rings. The van der Waals surface area contributed by atoms with Gasteiger partial charge in [0.2, 0.25) is 5.91 Å². The topological polar surface area (TPSA) is 55.1 Å². The number of nitrogens with one attached hydrogen (secondary N) is 1. The largest absolute Gasteiger partial charge is 0.354 e. The molecule has 0 heterocycles. The molecule has 3 N–H and O–H groups in total. The lowest BCUT2D eigenvalue weighted by Gasteiger charge is -2.24. The highest BCUT2D eigenvalue weighted by Gasteiger charge is 2.23. The maximum atomic E-state index is 12.3. The van der Waals surface area contributed by atoms with Gasteiger partial charge in [-0.3, -0.25) is 4.79 Å². The van der Waals surface area contributed by atoms with Crippen molar-refractivity contribution in [1.82, 2.24) is 5.32 Å². The Morgan fingerprint density at radius 1 is 1.25 bits per heavy atom. The minimum Gasteiger partial charge on any atom is -0.354 e. The van der Waals surface area contributed by atoms with Crippen molar-refractivity contribution in [1.29, 1.82) is 0 Å². The summed E-state index contributed by atoms with van der Waals surface area (Å²) in [6.45, 7) is 8.50. The first-order chi connectivity index (χ1) is 8.79. The quantitative estimate of drug-likeness (QED) is 0.848. The second-order valence-corrected chi connectivity index (χ2v) is 6.25. The highest BCUT2D eigenvalue weighted by Crippen LogP contribution is 2.17. The fourth-order valence-corrected chi connectivity index (χ4v) is 1.95. The minimum absolute atomic E-state index is 0. The first-order valence-electron chi connectivity index (χ1n) is 6.90. The summed E-state index contributed by atoms with van der Waals surface area (Å²) in [6.07, 6.45) is 0.773. The molecule has 20 heavy (non-hydrogen) atoms. The Morgan fingerprint density at radius 2 is 1.80 bits per heavy atom. The van der Waals surface area contributed by atoms with E-state index in [1.54, 1.807) is 0 Å². The molecule has 114 valence electrons. The Morgan fingerprint density at radius 3 is 2.25 bits per heavy atom. The molecule has 1 aromatic carbocycles. The van der Waals surface area contributed by atoms with Crippen LogP contribution in [-0.2, 0) is 11.2 Å². The van der Waals surface area contributed by atoms with Crippen LogP contribution in [0.15, 0.2) is 30.3 Å². The maximum Gasteiger partial charge on any atom is 0.223 e. The molecule has 0 spiro atoms. The molecular formula is C16H27ClN2O. The van der Waals surface area contributed by atoms with Gasteiger partial charge >= 0.3 is 0 Å². The molecule has 3 nitrogen and oxygen atoms in total. The van der Waals surface area contributed by atoms with Crippen LogP contribution in [0.3, 0.4) is 0 Å². The molecule has 0 aliphatic carbocycles. The predicted molar refractivity (Wildman–Crippen MR) is 87.0 cm³/mol. The van der Waals surface area contributed by atoms with Gasteiger partial charge in [-0.05, 0) is 31.7 Å². The number of rotatable bonds is 6. The molecule has 1 amide bonds. The number of amides is 1. The summed E-state index contributed by atoms with van der Waals surface area (Å²) in [6, 6.07) is 10.1. The predicted octanol–water partition coefficient (Wildman–Crippen LogP) is 2.78. The van der Waals surface area contributed by atoms with Crippen LogP contribution in [0.25, 0.3) is 0 Å². The van der Waals surface area contributed by atoms with E-state index in [2.05, 4.69) is 31.3 Å².